The summed E-state index contributed by atoms with van der Waals surface area (Å²) in [4.78, 5) is 14.7. The predicted octanol–water partition coefficient (Wildman–Crippen LogP) is 2.01. The third kappa shape index (κ3) is 3.28. The van der Waals surface area contributed by atoms with Crippen molar-refractivity contribution in [1.29, 1.82) is 0 Å². The lowest BCUT2D eigenvalue weighted by Crippen LogP contribution is -2.34. The number of terminal acetylenes is 1. The van der Waals surface area contributed by atoms with E-state index in [1.54, 1.807) is 13.2 Å². The van der Waals surface area contributed by atoms with Gasteiger partial charge in [-0.2, -0.15) is 0 Å². The third-order valence-electron chi connectivity index (χ3n) is 3.23. The van der Waals surface area contributed by atoms with Crippen LogP contribution in [-0.2, 0) is 4.74 Å². The Kier molecular flexibility index (Phi) is 4.83. The Bertz CT molecular complexity index is 477. The van der Waals surface area contributed by atoms with E-state index in [1.807, 2.05) is 5.38 Å². The van der Waals surface area contributed by atoms with Crippen molar-refractivity contribution in [2.24, 2.45) is 0 Å². The molecule has 0 radical (unpaired) electrons. The molecule has 0 amide bonds. The molecule has 1 aliphatic heterocycles. The van der Waals surface area contributed by atoms with Crippen LogP contribution in [0.4, 0.5) is 0 Å². The number of hydrogen-bond donors (Lipinski definition) is 0. The molecule has 1 fully saturated rings. The SMILES string of the molecule is C#CCN1CCC[C@@H]1COC(=O)c1sccc1OC. The molecule has 0 unspecified atom stereocenters. The maximum atomic E-state index is 12.0. The molecular weight excluding hydrogens is 262 g/mol. The van der Waals surface area contributed by atoms with Crippen LogP contribution in [0.5, 0.6) is 5.75 Å². The zero-order chi connectivity index (χ0) is 13.7. The Morgan fingerprint density at radius 2 is 2.53 bits per heavy atom. The smallest absolute Gasteiger partial charge is 0.352 e. The highest BCUT2D eigenvalue weighted by molar-refractivity contribution is 7.12. The van der Waals surface area contributed by atoms with E-state index in [0.717, 1.165) is 19.4 Å². The summed E-state index contributed by atoms with van der Waals surface area (Å²) in [6.07, 6.45) is 7.46. The van der Waals surface area contributed by atoms with Crippen molar-refractivity contribution in [2.45, 2.75) is 18.9 Å². The lowest BCUT2D eigenvalue weighted by molar-refractivity contribution is 0.0410. The third-order valence-corrected chi connectivity index (χ3v) is 4.11. The Labute approximate surface area is 117 Å². The molecule has 1 aromatic rings. The minimum absolute atomic E-state index is 0.242. The molecule has 0 aliphatic carbocycles. The zero-order valence-corrected chi connectivity index (χ0v) is 11.7. The largest absolute Gasteiger partial charge is 0.495 e. The van der Waals surface area contributed by atoms with Gasteiger partial charge >= 0.3 is 5.97 Å². The highest BCUT2D eigenvalue weighted by Crippen LogP contribution is 2.25. The van der Waals surface area contributed by atoms with Crippen LogP contribution in [0.2, 0.25) is 0 Å². The van der Waals surface area contributed by atoms with E-state index in [9.17, 15) is 4.79 Å². The zero-order valence-electron chi connectivity index (χ0n) is 10.9. The van der Waals surface area contributed by atoms with Crippen molar-refractivity contribution in [3.63, 3.8) is 0 Å². The number of esters is 1. The van der Waals surface area contributed by atoms with Crippen LogP contribution in [0, 0.1) is 12.3 Å². The van der Waals surface area contributed by atoms with Gasteiger partial charge in [0.2, 0.25) is 0 Å². The minimum Gasteiger partial charge on any atom is -0.495 e. The second-order valence-corrected chi connectivity index (χ2v) is 5.30. The van der Waals surface area contributed by atoms with Gasteiger partial charge in [-0.15, -0.1) is 17.8 Å². The summed E-state index contributed by atoms with van der Waals surface area (Å²) in [6.45, 7) is 1.99. The van der Waals surface area contributed by atoms with Gasteiger partial charge in [-0.25, -0.2) is 4.79 Å². The molecule has 0 N–H and O–H groups in total. The Morgan fingerprint density at radius 3 is 3.26 bits per heavy atom. The van der Waals surface area contributed by atoms with Crippen LogP contribution in [0.25, 0.3) is 0 Å². The number of hydrogen-bond acceptors (Lipinski definition) is 5. The Morgan fingerprint density at radius 1 is 1.68 bits per heavy atom. The van der Waals surface area contributed by atoms with Crippen LogP contribution < -0.4 is 4.74 Å². The lowest BCUT2D eigenvalue weighted by atomic mass is 10.2. The number of nitrogens with zero attached hydrogens (tertiary/aromatic N) is 1. The first-order valence-electron chi connectivity index (χ1n) is 6.22. The lowest BCUT2D eigenvalue weighted by Gasteiger charge is -2.21. The normalized spacial score (nSPS) is 19.1. The van der Waals surface area contributed by atoms with Crippen molar-refractivity contribution in [2.75, 3.05) is 26.8 Å². The topological polar surface area (TPSA) is 38.8 Å². The monoisotopic (exact) mass is 279 g/mol. The van der Waals surface area contributed by atoms with Gasteiger partial charge < -0.3 is 9.47 Å². The van der Waals surface area contributed by atoms with Gasteiger partial charge in [-0.05, 0) is 30.8 Å². The first kappa shape index (κ1) is 13.9. The molecule has 4 nitrogen and oxygen atoms in total. The molecule has 2 heterocycles. The summed E-state index contributed by atoms with van der Waals surface area (Å²) in [5, 5.41) is 1.82. The molecule has 2 rings (SSSR count). The molecule has 1 aromatic heterocycles. The molecule has 102 valence electrons. The number of likely N-dealkylation sites (tertiary alicyclic amines) is 1. The van der Waals surface area contributed by atoms with Crippen LogP contribution >= 0.6 is 11.3 Å². The van der Waals surface area contributed by atoms with Crippen molar-refractivity contribution < 1.29 is 14.3 Å². The molecule has 1 saturated heterocycles. The van der Waals surface area contributed by atoms with Gasteiger partial charge in [-0.3, -0.25) is 4.90 Å². The van der Waals surface area contributed by atoms with E-state index >= 15 is 0 Å². The van der Waals surface area contributed by atoms with E-state index in [4.69, 9.17) is 15.9 Å². The van der Waals surface area contributed by atoms with Gasteiger partial charge in [-0.1, -0.05) is 5.92 Å². The molecule has 0 bridgehead atoms. The minimum atomic E-state index is -0.320. The number of carbonyl (C=O) groups is 1. The summed E-state index contributed by atoms with van der Waals surface area (Å²) >= 11 is 1.33. The molecule has 0 aromatic carbocycles. The summed E-state index contributed by atoms with van der Waals surface area (Å²) in [5.41, 5.74) is 0. The average Bonchev–Trinajstić information content (AvgIpc) is 3.05. The van der Waals surface area contributed by atoms with Crippen molar-refractivity contribution in [1.82, 2.24) is 4.90 Å². The quantitative estimate of drug-likeness (QED) is 0.610. The summed E-state index contributed by atoms with van der Waals surface area (Å²) < 4.78 is 10.5. The van der Waals surface area contributed by atoms with E-state index in [1.165, 1.54) is 11.3 Å². The molecule has 1 aliphatic rings. The molecule has 1 atom stereocenters. The second-order valence-electron chi connectivity index (χ2n) is 4.39. The molecule has 5 heteroatoms. The fourth-order valence-electron chi connectivity index (χ4n) is 2.25. The Hall–Kier alpha value is -1.51. The first-order valence-corrected chi connectivity index (χ1v) is 7.10. The average molecular weight is 279 g/mol. The standard InChI is InChI=1S/C14H17NO3S/c1-3-7-15-8-4-5-11(15)10-18-14(16)13-12(17-2)6-9-19-13/h1,6,9,11H,4-5,7-8,10H2,2H3/t11-/m1/s1. The summed E-state index contributed by atoms with van der Waals surface area (Å²) in [6, 6.07) is 2.01. The number of thiophene rings is 1. The van der Waals surface area contributed by atoms with E-state index in [0.29, 0.717) is 23.8 Å². The Balaban J connectivity index is 1.88. The maximum Gasteiger partial charge on any atom is 0.352 e. The fourth-order valence-corrected chi connectivity index (χ4v) is 3.00. The fraction of sp³-hybridized carbons (Fsp3) is 0.500. The second kappa shape index (κ2) is 6.60. The van der Waals surface area contributed by atoms with E-state index in [-0.39, 0.29) is 12.0 Å². The van der Waals surface area contributed by atoms with Crippen LogP contribution in [0.1, 0.15) is 22.5 Å². The van der Waals surface area contributed by atoms with E-state index < -0.39 is 0 Å². The molecule has 0 saturated carbocycles. The number of carbonyl (C=O) groups excluding carboxylic acids is 1. The van der Waals surface area contributed by atoms with Gasteiger partial charge in [0, 0.05) is 6.04 Å². The van der Waals surface area contributed by atoms with E-state index in [2.05, 4.69) is 10.8 Å². The highest BCUT2D eigenvalue weighted by atomic mass is 32.1. The van der Waals surface area contributed by atoms with Crippen LogP contribution in [-0.4, -0.2) is 43.7 Å². The molecule has 19 heavy (non-hydrogen) atoms. The number of rotatable bonds is 5. The van der Waals surface area contributed by atoms with Crippen molar-refractivity contribution in [3.05, 3.63) is 16.3 Å². The summed E-state index contributed by atoms with van der Waals surface area (Å²) in [5.74, 6) is 2.89. The highest BCUT2D eigenvalue weighted by Gasteiger charge is 2.26. The van der Waals surface area contributed by atoms with Gasteiger partial charge in [0.1, 0.15) is 12.4 Å². The summed E-state index contributed by atoms with van der Waals surface area (Å²) in [7, 11) is 1.55. The first-order chi connectivity index (χ1) is 9.26. The van der Waals surface area contributed by atoms with Gasteiger partial charge in [0.05, 0.1) is 13.7 Å². The van der Waals surface area contributed by atoms with Gasteiger partial charge in [0.25, 0.3) is 0 Å². The number of ether oxygens (including phenoxy) is 2. The van der Waals surface area contributed by atoms with Crippen molar-refractivity contribution >= 4 is 17.3 Å². The number of methoxy groups -OCH3 is 1. The van der Waals surface area contributed by atoms with Crippen molar-refractivity contribution in [3.8, 4) is 18.1 Å². The molecular formula is C14H17NO3S. The molecule has 0 spiro atoms. The van der Waals surface area contributed by atoms with Crippen LogP contribution in [0.15, 0.2) is 11.4 Å². The maximum absolute atomic E-state index is 12.0. The predicted molar refractivity (Wildman–Crippen MR) is 74.6 cm³/mol. The van der Waals surface area contributed by atoms with Gasteiger partial charge in [0.15, 0.2) is 4.88 Å². The van der Waals surface area contributed by atoms with Crippen LogP contribution in [0.3, 0.4) is 0 Å².